The molecule has 0 amide bonds. The van der Waals surface area contributed by atoms with Gasteiger partial charge in [0.15, 0.2) is 5.96 Å². The topological polar surface area (TPSA) is 96.6 Å². The van der Waals surface area contributed by atoms with Crippen LogP contribution in [0.4, 0.5) is 0 Å². The highest BCUT2D eigenvalue weighted by atomic mass is 32.2. The van der Waals surface area contributed by atoms with Crippen LogP contribution in [0.5, 0.6) is 0 Å². The molecule has 0 heterocycles. The second-order valence-corrected chi connectivity index (χ2v) is 6.98. The molecule has 0 fully saturated rings. The fraction of sp³-hybridized carbons (Fsp3) is 0.900. The van der Waals surface area contributed by atoms with E-state index in [1.165, 1.54) is 0 Å². The summed E-state index contributed by atoms with van der Waals surface area (Å²) in [6.07, 6.45) is 1.12. The van der Waals surface area contributed by atoms with Gasteiger partial charge in [0.2, 0.25) is 10.0 Å². The Balaban J connectivity index is 4.28. The summed E-state index contributed by atoms with van der Waals surface area (Å²) in [4.78, 5) is 4.11. The summed E-state index contributed by atoms with van der Waals surface area (Å²) in [5.74, 6) is 0.813. The molecule has 7 heteroatoms. The molecule has 17 heavy (non-hydrogen) atoms. The zero-order valence-electron chi connectivity index (χ0n) is 11.2. The van der Waals surface area contributed by atoms with E-state index in [1.54, 1.807) is 13.8 Å². The average Bonchev–Trinajstić information content (AvgIpc) is 2.07. The molecule has 0 rings (SSSR count). The van der Waals surface area contributed by atoms with Crippen LogP contribution in [-0.2, 0) is 10.0 Å². The van der Waals surface area contributed by atoms with Crippen LogP contribution in [0.2, 0.25) is 0 Å². The van der Waals surface area contributed by atoms with Gasteiger partial charge < -0.3 is 11.1 Å². The van der Waals surface area contributed by atoms with Gasteiger partial charge in [-0.2, -0.15) is 0 Å². The van der Waals surface area contributed by atoms with Gasteiger partial charge in [-0.1, -0.05) is 13.8 Å². The maximum absolute atomic E-state index is 11.1. The first kappa shape index (κ1) is 16.2. The molecule has 0 radical (unpaired) electrons. The lowest BCUT2D eigenvalue weighted by molar-refractivity contribution is 0.465. The summed E-state index contributed by atoms with van der Waals surface area (Å²) < 4.78 is 24.7. The predicted octanol–water partition coefficient (Wildman–Crippen LogP) is -0.125. The molecule has 0 aromatic carbocycles. The third-order valence-corrected chi connectivity index (χ3v) is 2.72. The summed E-state index contributed by atoms with van der Waals surface area (Å²) >= 11 is 0. The van der Waals surface area contributed by atoms with Crippen LogP contribution in [0.3, 0.4) is 0 Å². The SMILES string of the molecule is CC(C)CNC(N)=NCC(C)(C)NS(C)(=O)=O. The molecule has 0 saturated carbocycles. The van der Waals surface area contributed by atoms with Crippen molar-refractivity contribution in [2.45, 2.75) is 33.2 Å². The highest BCUT2D eigenvalue weighted by Crippen LogP contribution is 2.04. The van der Waals surface area contributed by atoms with Crippen molar-refractivity contribution in [3.05, 3.63) is 0 Å². The molecule has 0 saturated heterocycles. The van der Waals surface area contributed by atoms with Gasteiger partial charge in [-0.05, 0) is 19.8 Å². The first-order chi connectivity index (χ1) is 7.52. The normalized spacial score (nSPS) is 14.1. The monoisotopic (exact) mass is 264 g/mol. The number of nitrogens with two attached hydrogens (primary N) is 1. The fourth-order valence-corrected chi connectivity index (χ4v) is 2.25. The van der Waals surface area contributed by atoms with Crippen molar-refractivity contribution in [1.29, 1.82) is 0 Å². The smallest absolute Gasteiger partial charge is 0.209 e. The highest BCUT2D eigenvalue weighted by Gasteiger charge is 2.21. The Bertz CT molecular complexity index is 361. The second kappa shape index (κ2) is 6.20. The van der Waals surface area contributed by atoms with Gasteiger partial charge in [-0.3, -0.25) is 4.99 Å². The van der Waals surface area contributed by atoms with Crippen LogP contribution in [-0.4, -0.2) is 39.3 Å². The van der Waals surface area contributed by atoms with E-state index in [9.17, 15) is 8.42 Å². The minimum atomic E-state index is -3.24. The van der Waals surface area contributed by atoms with E-state index in [4.69, 9.17) is 5.73 Å². The van der Waals surface area contributed by atoms with Crippen molar-refractivity contribution < 1.29 is 8.42 Å². The number of sulfonamides is 1. The van der Waals surface area contributed by atoms with Gasteiger partial charge in [0.25, 0.3) is 0 Å². The van der Waals surface area contributed by atoms with Crippen LogP contribution in [0.1, 0.15) is 27.7 Å². The molecule has 0 aliphatic rings. The number of aliphatic imine (C=N–C) groups is 1. The summed E-state index contributed by atoms with van der Waals surface area (Å²) in [5.41, 5.74) is 5.01. The maximum atomic E-state index is 11.1. The van der Waals surface area contributed by atoms with E-state index in [-0.39, 0.29) is 6.54 Å². The molecule has 0 aromatic heterocycles. The Kier molecular flexibility index (Phi) is 5.91. The number of rotatable bonds is 6. The summed E-state index contributed by atoms with van der Waals surface area (Å²) in [5, 5.41) is 2.97. The van der Waals surface area contributed by atoms with Crippen molar-refractivity contribution in [3.8, 4) is 0 Å². The minimum Gasteiger partial charge on any atom is -0.370 e. The summed E-state index contributed by atoms with van der Waals surface area (Å²) in [6.45, 7) is 8.68. The Morgan fingerprint density at radius 2 is 1.94 bits per heavy atom. The Morgan fingerprint density at radius 1 is 1.41 bits per heavy atom. The largest absolute Gasteiger partial charge is 0.370 e. The van der Waals surface area contributed by atoms with E-state index in [0.29, 0.717) is 11.9 Å². The molecule has 0 bridgehead atoms. The number of guanidine groups is 1. The van der Waals surface area contributed by atoms with Crippen LogP contribution < -0.4 is 15.8 Å². The maximum Gasteiger partial charge on any atom is 0.209 e. The van der Waals surface area contributed by atoms with Gasteiger partial charge in [0.05, 0.1) is 12.8 Å². The molecular formula is C10H24N4O2S. The van der Waals surface area contributed by atoms with Gasteiger partial charge in [-0.15, -0.1) is 0 Å². The zero-order valence-corrected chi connectivity index (χ0v) is 12.1. The zero-order chi connectivity index (χ0) is 13.7. The molecule has 0 atom stereocenters. The van der Waals surface area contributed by atoms with E-state index >= 15 is 0 Å². The molecule has 0 aliphatic carbocycles. The second-order valence-electron chi connectivity index (χ2n) is 5.23. The molecule has 0 aromatic rings. The van der Waals surface area contributed by atoms with Gasteiger partial charge >= 0.3 is 0 Å². The quantitative estimate of drug-likeness (QED) is 0.460. The van der Waals surface area contributed by atoms with Crippen LogP contribution in [0.15, 0.2) is 4.99 Å². The third-order valence-electron chi connectivity index (χ3n) is 1.80. The third kappa shape index (κ3) is 10.1. The Labute approximate surface area is 104 Å². The number of hydrogen-bond acceptors (Lipinski definition) is 3. The molecule has 0 unspecified atom stereocenters. The predicted molar refractivity (Wildman–Crippen MR) is 71.4 cm³/mol. The molecule has 6 nitrogen and oxygen atoms in total. The standard InChI is InChI=1S/C10H24N4O2S/c1-8(2)6-12-9(11)13-7-10(3,4)14-17(5,15)16/h8,14H,6-7H2,1-5H3,(H3,11,12,13). The van der Waals surface area contributed by atoms with Crippen molar-refractivity contribution in [2.24, 2.45) is 16.6 Å². The van der Waals surface area contributed by atoms with Crippen LogP contribution in [0.25, 0.3) is 0 Å². The lowest BCUT2D eigenvalue weighted by Crippen LogP contribution is -2.46. The van der Waals surface area contributed by atoms with E-state index < -0.39 is 15.6 Å². The van der Waals surface area contributed by atoms with Crippen molar-refractivity contribution in [3.63, 3.8) is 0 Å². The lowest BCUT2D eigenvalue weighted by Gasteiger charge is -2.23. The van der Waals surface area contributed by atoms with Crippen LogP contribution >= 0.6 is 0 Å². The Morgan fingerprint density at radius 3 is 2.35 bits per heavy atom. The minimum absolute atomic E-state index is 0.289. The first-order valence-electron chi connectivity index (χ1n) is 5.54. The van der Waals surface area contributed by atoms with Gasteiger partial charge in [0.1, 0.15) is 0 Å². The fourth-order valence-electron chi connectivity index (χ4n) is 1.18. The first-order valence-corrected chi connectivity index (χ1v) is 7.44. The molecule has 4 N–H and O–H groups in total. The van der Waals surface area contributed by atoms with E-state index in [0.717, 1.165) is 12.8 Å². The van der Waals surface area contributed by atoms with E-state index in [1.807, 2.05) is 0 Å². The van der Waals surface area contributed by atoms with E-state index in [2.05, 4.69) is 28.9 Å². The van der Waals surface area contributed by atoms with Crippen molar-refractivity contribution in [2.75, 3.05) is 19.3 Å². The number of nitrogens with zero attached hydrogens (tertiary/aromatic N) is 1. The lowest BCUT2D eigenvalue weighted by atomic mass is 10.1. The Hall–Kier alpha value is -0.820. The summed E-state index contributed by atoms with van der Waals surface area (Å²) in [7, 11) is -3.24. The molecule has 102 valence electrons. The molecule has 0 aliphatic heterocycles. The highest BCUT2D eigenvalue weighted by molar-refractivity contribution is 7.88. The number of hydrogen-bond donors (Lipinski definition) is 3. The molecular weight excluding hydrogens is 240 g/mol. The van der Waals surface area contributed by atoms with Crippen molar-refractivity contribution >= 4 is 16.0 Å². The average molecular weight is 264 g/mol. The van der Waals surface area contributed by atoms with Gasteiger partial charge in [-0.25, -0.2) is 13.1 Å². The van der Waals surface area contributed by atoms with Crippen LogP contribution in [0, 0.1) is 5.92 Å². The number of nitrogens with one attached hydrogen (secondary N) is 2. The molecule has 0 spiro atoms. The van der Waals surface area contributed by atoms with Gasteiger partial charge in [0, 0.05) is 12.1 Å². The summed E-state index contributed by atoms with van der Waals surface area (Å²) in [6, 6.07) is 0. The van der Waals surface area contributed by atoms with Crippen molar-refractivity contribution in [1.82, 2.24) is 10.0 Å².